The Kier molecular flexibility index (Phi) is 5.84. The lowest BCUT2D eigenvalue weighted by molar-refractivity contribution is -0.145. The van der Waals surface area contributed by atoms with E-state index in [1.165, 1.54) is 27.2 Å². The van der Waals surface area contributed by atoms with E-state index in [9.17, 15) is 9.59 Å². The van der Waals surface area contributed by atoms with Crippen molar-refractivity contribution in [2.45, 2.75) is 13.8 Å². The Hall–Kier alpha value is -1.95. The monoisotopic (exact) mass is 315 g/mol. The smallest absolute Gasteiger partial charge is 0.307 e. The average Bonchev–Trinajstić information content (AvgIpc) is 2.45. The first kappa shape index (κ1) is 17.1. The van der Waals surface area contributed by atoms with E-state index in [1.54, 1.807) is 13.0 Å². The van der Waals surface area contributed by atoms with Crippen LogP contribution in [0.15, 0.2) is 12.1 Å². The molecule has 0 fully saturated rings. The number of rotatable bonds is 6. The van der Waals surface area contributed by atoms with Crippen LogP contribution in [0.2, 0.25) is 5.02 Å². The molecule has 2 N–H and O–H groups in total. The molecule has 2 unspecified atom stereocenters. The molecule has 6 nitrogen and oxygen atoms in total. The highest BCUT2D eigenvalue weighted by Gasteiger charge is 2.26. The summed E-state index contributed by atoms with van der Waals surface area (Å²) in [6.07, 6.45) is 0. The van der Waals surface area contributed by atoms with E-state index in [0.717, 1.165) is 0 Å². The lowest BCUT2D eigenvalue weighted by Crippen LogP contribution is -2.30. The van der Waals surface area contributed by atoms with Gasteiger partial charge in [-0.1, -0.05) is 25.4 Å². The van der Waals surface area contributed by atoms with Crippen molar-refractivity contribution in [2.75, 3.05) is 19.5 Å². The second-order valence-electron chi connectivity index (χ2n) is 4.59. The second kappa shape index (κ2) is 7.17. The zero-order valence-electron chi connectivity index (χ0n) is 12.3. The molecule has 0 aliphatic carbocycles. The predicted molar refractivity (Wildman–Crippen MR) is 79.1 cm³/mol. The van der Waals surface area contributed by atoms with Crippen LogP contribution in [0.1, 0.15) is 13.8 Å². The van der Waals surface area contributed by atoms with Crippen molar-refractivity contribution in [3.8, 4) is 11.5 Å². The first-order valence-electron chi connectivity index (χ1n) is 6.27. The quantitative estimate of drug-likeness (QED) is 0.843. The van der Waals surface area contributed by atoms with Gasteiger partial charge in [0.25, 0.3) is 0 Å². The van der Waals surface area contributed by atoms with Gasteiger partial charge in [0, 0.05) is 12.0 Å². The maximum Gasteiger partial charge on any atom is 0.307 e. The van der Waals surface area contributed by atoms with Gasteiger partial charge in [0.05, 0.1) is 30.8 Å². The van der Waals surface area contributed by atoms with E-state index >= 15 is 0 Å². The number of amides is 1. The number of nitrogens with one attached hydrogen (secondary N) is 1. The molecule has 0 spiro atoms. The molecular formula is C14H18ClNO5. The summed E-state index contributed by atoms with van der Waals surface area (Å²) in [4.78, 5) is 23.0. The predicted octanol–water partition coefficient (Wildman–Crippen LogP) is 2.65. The Morgan fingerprint density at radius 1 is 1.14 bits per heavy atom. The minimum atomic E-state index is -1.03. The van der Waals surface area contributed by atoms with E-state index < -0.39 is 23.7 Å². The van der Waals surface area contributed by atoms with Crippen molar-refractivity contribution >= 4 is 29.2 Å². The lowest BCUT2D eigenvalue weighted by atomic mass is 9.95. The van der Waals surface area contributed by atoms with E-state index in [1.807, 2.05) is 0 Å². The van der Waals surface area contributed by atoms with E-state index in [4.69, 9.17) is 26.2 Å². The molecule has 7 heteroatoms. The average molecular weight is 316 g/mol. The zero-order chi connectivity index (χ0) is 16.2. The SMILES string of the molecule is COc1cc(OC)c(NC(=O)C(C)C(C)C(=O)O)cc1Cl. The van der Waals surface area contributed by atoms with Crippen LogP contribution in [-0.2, 0) is 9.59 Å². The van der Waals surface area contributed by atoms with Crippen LogP contribution in [-0.4, -0.2) is 31.2 Å². The molecule has 1 rings (SSSR count). The molecule has 0 bridgehead atoms. The van der Waals surface area contributed by atoms with E-state index in [-0.39, 0.29) is 0 Å². The molecule has 0 saturated carbocycles. The molecule has 0 heterocycles. The molecule has 1 aromatic carbocycles. The third kappa shape index (κ3) is 4.01. The molecule has 21 heavy (non-hydrogen) atoms. The molecule has 0 aliphatic rings. The van der Waals surface area contributed by atoms with Crippen LogP contribution in [0, 0.1) is 11.8 Å². The summed E-state index contributed by atoms with van der Waals surface area (Å²) in [5, 5.41) is 11.9. The summed E-state index contributed by atoms with van der Waals surface area (Å²) in [5.74, 6) is -2.17. The number of benzene rings is 1. The van der Waals surface area contributed by atoms with Crippen molar-refractivity contribution < 1.29 is 24.2 Å². The van der Waals surface area contributed by atoms with Gasteiger partial charge in [-0.25, -0.2) is 0 Å². The number of carboxylic acid groups (broad SMARTS) is 1. The number of carbonyl (C=O) groups is 2. The summed E-state index contributed by atoms with van der Waals surface area (Å²) in [6.45, 7) is 3.02. The number of methoxy groups -OCH3 is 2. The molecule has 0 saturated heterocycles. The largest absolute Gasteiger partial charge is 0.495 e. The second-order valence-corrected chi connectivity index (χ2v) is 5.00. The summed E-state index contributed by atoms with van der Waals surface area (Å²) in [6, 6.07) is 3.04. The highest BCUT2D eigenvalue weighted by Crippen LogP contribution is 2.36. The maximum atomic E-state index is 12.1. The number of hydrogen-bond acceptors (Lipinski definition) is 4. The fourth-order valence-electron chi connectivity index (χ4n) is 1.65. The normalized spacial score (nSPS) is 13.2. The van der Waals surface area contributed by atoms with Gasteiger partial charge in [0.2, 0.25) is 5.91 Å². The van der Waals surface area contributed by atoms with Crippen LogP contribution in [0.5, 0.6) is 11.5 Å². The molecule has 0 aromatic heterocycles. The molecular weight excluding hydrogens is 298 g/mol. The van der Waals surface area contributed by atoms with Gasteiger partial charge >= 0.3 is 5.97 Å². The number of carbonyl (C=O) groups excluding carboxylic acids is 1. The molecule has 1 amide bonds. The van der Waals surface area contributed by atoms with Crippen molar-refractivity contribution in [3.63, 3.8) is 0 Å². The van der Waals surface area contributed by atoms with Crippen LogP contribution < -0.4 is 14.8 Å². The van der Waals surface area contributed by atoms with Gasteiger partial charge in [-0.2, -0.15) is 0 Å². The third-order valence-electron chi connectivity index (χ3n) is 3.28. The van der Waals surface area contributed by atoms with Gasteiger partial charge in [0.15, 0.2) is 0 Å². The van der Waals surface area contributed by atoms with Gasteiger partial charge in [-0.15, -0.1) is 0 Å². The molecule has 2 atom stereocenters. The highest BCUT2D eigenvalue weighted by molar-refractivity contribution is 6.32. The minimum Gasteiger partial charge on any atom is -0.495 e. The number of carboxylic acids is 1. The van der Waals surface area contributed by atoms with Gasteiger partial charge < -0.3 is 19.9 Å². The summed E-state index contributed by atoms with van der Waals surface area (Å²) in [5.41, 5.74) is 0.359. The number of anilines is 1. The molecule has 116 valence electrons. The van der Waals surface area contributed by atoms with Crippen molar-refractivity contribution in [1.29, 1.82) is 0 Å². The van der Waals surface area contributed by atoms with E-state index in [2.05, 4.69) is 5.32 Å². The van der Waals surface area contributed by atoms with Crippen LogP contribution in [0.3, 0.4) is 0 Å². The van der Waals surface area contributed by atoms with Gasteiger partial charge in [-0.3, -0.25) is 9.59 Å². The number of halogens is 1. The Morgan fingerprint density at radius 2 is 1.71 bits per heavy atom. The van der Waals surface area contributed by atoms with Crippen LogP contribution in [0.25, 0.3) is 0 Å². The van der Waals surface area contributed by atoms with Crippen LogP contribution >= 0.6 is 11.6 Å². The summed E-state index contributed by atoms with van der Waals surface area (Å²) >= 11 is 6.01. The standard InChI is InChI=1S/C14H18ClNO5/c1-7(8(2)14(18)19)13(17)16-10-5-9(15)11(20-3)6-12(10)21-4/h5-8H,1-4H3,(H,16,17)(H,18,19). The number of hydrogen-bond donors (Lipinski definition) is 2. The van der Waals surface area contributed by atoms with E-state index in [0.29, 0.717) is 22.2 Å². The maximum absolute atomic E-state index is 12.1. The number of ether oxygens (including phenoxy) is 2. The van der Waals surface area contributed by atoms with Crippen molar-refractivity contribution in [3.05, 3.63) is 17.2 Å². The molecule has 0 aliphatic heterocycles. The summed E-state index contributed by atoms with van der Waals surface area (Å²) in [7, 11) is 2.91. The Labute approximate surface area is 128 Å². The molecule has 1 aromatic rings. The first-order valence-corrected chi connectivity index (χ1v) is 6.64. The van der Waals surface area contributed by atoms with Gasteiger partial charge in [-0.05, 0) is 6.07 Å². The zero-order valence-corrected chi connectivity index (χ0v) is 13.0. The number of aliphatic carboxylic acids is 1. The fraction of sp³-hybridized carbons (Fsp3) is 0.429. The third-order valence-corrected chi connectivity index (χ3v) is 3.58. The summed E-state index contributed by atoms with van der Waals surface area (Å²) < 4.78 is 10.2. The highest BCUT2D eigenvalue weighted by atomic mass is 35.5. The van der Waals surface area contributed by atoms with Crippen molar-refractivity contribution in [1.82, 2.24) is 0 Å². The Balaban J connectivity index is 2.99. The topological polar surface area (TPSA) is 84.9 Å². The fourth-order valence-corrected chi connectivity index (χ4v) is 1.89. The first-order chi connectivity index (χ1) is 9.81. The Bertz CT molecular complexity index is 546. The lowest BCUT2D eigenvalue weighted by Gasteiger charge is -2.18. The minimum absolute atomic E-state index is 0.313. The molecule has 0 radical (unpaired) electrons. The Morgan fingerprint density at radius 3 is 2.19 bits per heavy atom. The van der Waals surface area contributed by atoms with Crippen LogP contribution in [0.4, 0.5) is 5.69 Å². The van der Waals surface area contributed by atoms with Crippen molar-refractivity contribution in [2.24, 2.45) is 11.8 Å². The van der Waals surface area contributed by atoms with Gasteiger partial charge in [0.1, 0.15) is 11.5 Å².